The largest absolute Gasteiger partial charge is 0.444 e. The first-order chi connectivity index (χ1) is 24.0. The fourth-order valence-electron chi connectivity index (χ4n) is 5.81. The molecule has 1 saturated heterocycles. The van der Waals surface area contributed by atoms with Crippen LogP contribution in [0.4, 0.5) is 34.0 Å². The summed E-state index contributed by atoms with van der Waals surface area (Å²) in [6.45, 7) is 4.09. The van der Waals surface area contributed by atoms with Crippen LogP contribution in [-0.2, 0) is 14.3 Å². The molecule has 2 N–H and O–H groups in total. The molecule has 17 heteroatoms. The van der Waals surface area contributed by atoms with Crippen molar-refractivity contribution in [3.8, 4) is 6.07 Å². The summed E-state index contributed by atoms with van der Waals surface area (Å²) in [7, 11) is 0. The number of anilines is 2. The first-order valence-corrected chi connectivity index (χ1v) is 16.4. The number of halogens is 5. The maximum atomic E-state index is 14.9. The van der Waals surface area contributed by atoms with Gasteiger partial charge in [0.2, 0.25) is 17.8 Å². The number of amides is 3. The molecule has 2 atom stereocenters. The van der Waals surface area contributed by atoms with Crippen LogP contribution >= 0.6 is 11.6 Å². The quantitative estimate of drug-likeness (QED) is 0.223. The Bertz CT molecular complexity index is 1810. The predicted molar refractivity (Wildman–Crippen MR) is 177 cm³/mol. The molecule has 2 aromatic carbocycles. The number of benzene rings is 2. The fourth-order valence-corrected chi connectivity index (χ4v) is 6.05. The van der Waals surface area contributed by atoms with E-state index in [0.29, 0.717) is 6.07 Å². The number of nitrogens with one attached hydrogen (secondary N) is 2. The molecular formula is C34H35ClF4N8O4. The van der Waals surface area contributed by atoms with E-state index in [4.69, 9.17) is 16.3 Å². The molecule has 270 valence electrons. The van der Waals surface area contributed by atoms with Crippen molar-refractivity contribution in [1.29, 1.82) is 5.26 Å². The van der Waals surface area contributed by atoms with Crippen molar-refractivity contribution < 1.29 is 36.7 Å². The second-order valence-corrected chi connectivity index (χ2v) is 13.6. The summed E-state index contributed by atoms with van der Waals surface area (Å²) in [4.78, 5) is 51.9. The van der Waals surface area contributed by atoms with Gasteiger partial charge in [0.15, 0.2) is 6.04 Å². The normalized spacial score (nSPS) is 18.5. The average Bonchev–Trinajstić information content (AvgIpc) is 3.05. The van der Waals surface area contributed by atoms with Crippen LogP contribution in [0.1, 0.15) is 63.8 Å². The van der Waals surface area contributed by atoms with Gasteiger partial charge in [0.25, 0.3) is 5.91 Å². The summed E-state index contributed by atoms with van der Waals surface area (Å²) in [6, 6.07) is 9.64. The Morgan fingerprint density at radius 1 is 1.12 bits per heavy atom. The lowest BCUT2D eigenvalue weighted by Crippen LogP contribution is -2.67. The van der Waals surface area contributed by atoms with Crippen LogP contribution in [0.5, 0.6) is 0 Å². The molecule has 1 saturated carbocycles. The highest BCUT2D eigenvalue weighted by molar-refractivity contribution is 6.31. The van der Waals surface area contributed by atoms with Crippen molar-refractivity contribution in [2.45, 2.75) is 76.2 Å². The van der Waals surface area contributed by atoms with Crippen LogP contribution in [0, 0.1) is 23.0 Å². The number of rotatable bonds is 8. The van der Waals surface area contributed by atoms with E-state index in [1.54, 1.807) is 32.9 Å². The van der Waals surface area contributed by atoms with Crippen molar-refractivity contribution in [1.82, 2.24) is 25.6 Å². The van der Waals surface area contributed by atoms with E-state index in [1.807, 2.05) is 6.07 Å². The van der Waals surface area contributed by atoms with Crippen molar-refractivity contribution >= 4 is 41.1 Å². The van der Waals surface area contributed by atoms with Crippen LogP contribution in [-0.4, -0.2) is 69.6 Å². The molecule has 2 fully saturated rings. The zero-order valence-electron chi connectivity index (χ0n) is 27.9. The molecule has 3 aromatic rings. The van der Waals surface area contributed by atoms with Gasteiger partial charge in [-0.1, -0.05) is 29.8 Å². The van der Waals surface area contributed by atoms with Crippen molar-refractivity contribution in [3.63, 3.8) is 0 Å². The number of hydrazine groups is 1. The molecule has 1 aliphatic heterocycles. The standard InChI is InChI=1S/C34H35ClF4N8O4/c1-33(2,3)51-32(50)45-18-27(46(28(48)19-45)31-41-13-10-23(17-40)43-31)44-47(24-15-20(36)14-21(37)16-24)29(25-6-4-5-7-26(25)35)30(49)42-22-8-11-34(38,39)12-9-22/h4-7,10,13-16,22,27,29,44H,8-9,11-12,18-19H2,1-3H3,(H,42,49). The number of hydrogen-bond acceptors (Lipinski definition) is 9. The van der Waals surface area contributed by atoms with Gasteiger partial charge in [-0.25, -0.2) is 37.7 Å². The van der Waals surface area contributed by atoms with Gasteiger partial charge in [-0.2, -0.15) is 5.26 Å². The number of nitriles is 1. The van der Waals surface area contributed by atoms with Gasteiger partial charge in [-0.05, 0) is 57.9 Å². The Morgan fingerprint density at radius 3 is 2.41 bits per heavy atom. The monoisotopic (exact) mass is 730 g/mol. The minimum Gasteiger partial charge on any atom is -0.444 e. The number of ether oxygens (including phenoxy) is 1. The van der Waals surface area contributed by atoms with Crippen LogP contribution in [0.2, 0.25) is 5.02 Å². The van der Waals surface area contributed by atoms with E-state index in [1.165, 1.54) is 24.4 Å². The molecule has 1 aromatic heterocycles. The highest BCUT2D eigenvalue weighted by Gasteiger charge is 2.43. The molecule has 12 nitrogen and oxygen atoms in total. The lowest BCUT2D eigenvalue weighted by Gasteiger charge is -2.44. The number of piperazine rings is 1. The maximum absolute atomic E-state index is 14.9. The van der Waals surface area contributed by atoms with Crippen molar-refractivity contribution in [2.24, 2.45) is 0 Å². The first-order valence-electron chi connectivity index (χ1n) is 16.0. The molecule has 1 aliphatic carbocycles. The zero-order chi connectivity index (χ0) is 37.1. The SMILES string of the molecule is CC(C)(C)OC(=O)N1CC(=O)N(c2nccc(C#N)n2)C(NN(c2cc(F)cc(F)c2)C(C(=O)NC2CCC(F)(F)CC2)c2ccccc2Cl)C1. The molecule has 2 heterocycles. The van der Waals surface area contributed by atoms with E-state index >= 15 is 0 Å². The number of carbonyl (C=O) groups is 3. The number of hydrogen-bond donors (Lipinski definition) is 2. The van der Waals surface area contributed by atoms with Crippen LogP contribution < -0.4 is 20.7 Å². The molecule has 0 bridgehead atoms. The fraction of sp³-hybridized carbons (Fsp3) is 0.412. The third-order valence-corrected chi connectivity index (χ3v) is 8.45. The molecule has 5 rings (SSSR count). The third-order valence-electron chi connectivity index (χ3n) is 8.11. The summed E-state index contributed by atoms with van der Waals surface area (Å²) in [5, 5.41) is 13.5. The Hall–Kier alpha value is -5.01. The Balaban J connectivity index is 1.63. The summed E-state index contributed by atoms with van der Waals surface area (Å²) in [6.07, 6.45) is -1.92. The first kappa shape index (κ1) is 37.3. The topological polar surface area (TPSA) is 144 Å². The highest BCUT2D eigenvalue weighted by atomic mass is 35.5. The third kappa shape index (κ3) is 9.21. The van der Waals surface area contributed by atoms with Crippen molar-refractivity contribution in [2.75, 3.05) is 23.0 Å². The van der Waals surface area contributed by atoms with Gasteiger partial charge in [0.05, 0.1) is 12.2 Å². The van der Waals surface area contributed by atoms with E-state index in [-0.39, 0.29) is 47.3 Å². The minimum atomic E-state index is -2.88. The Morgan fingerprint density at radius 2 is 1.78 bits per heavy atom. The van der Waals surface area contributed by atoms with Gasteiger partial charge in [-0.3, -0.25) is 24.4 Å². The van der Waals surface area contributed by atoms with Gasteiger partial charge in [0.1, 0.15) is 41.7 Å². The van der Waals surface area contributed by atoms with E-state index < -0.39 is 78.7 Å². The highest BCUT2D eigenvalue weighted by Crippen LogP contribution is 2.36. The van der Waals surface area contributed by atoms with Gasteiger partial charge >= 0.3 is 6.09 Å². The van der Waals surface area contributed by atoms with Gasteiger partial charge in [-0.15, -0.1) is 0 Å². The Labute approximate surface area is 296 Å². The smallest absolute Gasteiger partial charge is 0.410 e. The maximum Gasteiger partial charge on any atom is 0.410 e. The second-order valence-electron chi connectivity index (χ2n) is 13.2. The second kappa shape index (κ2) is 15.1. The van der Waals surface area contributed by atoms with E-state index in [0.717, 1.165) is 26.9 Å². The number of nitrogens with zero attached hydrogens (tertiary/aromatic N) is 6. The van der Waals surface area contributed by atoms with Gasteiger partial charge in [0, 0.05) is 41.7 Å². The van der Waals surface area contributed by atoms with Crippen molar-refractivity contribution in [3.05, 3.63) is 82.6 Å². The summed E-state index contributed by atoms with van der Waals surface area (Å²) >= 11 is 6.62. The molecule has 51 heavy (non-hydrogen) atoms. The lowest BCUT2D eigenvalue weighted by molar-refractivity contribution is -0.124. The van der Waals surface area contributed by atoms with Crippen LogP contribution in [0.15, 0.2) is 54.7 Å². The predicted octanol–water partition coefficient (Wildman–Crippen LogP) is 5.64. The zero-order valence-corrected chi connectivity index (χ0v) is 28.6. The molecule has 0 spiro atoms. The lowest BCUT2D eigenvalue weighted by atomic mass is 9.91. The number of aromatic nitrogens is 2. The van der Waals surface area contributed by atoms with E-state index in [9.17, 15) is 37.2 Å². The molecule has 2 unspecified atom stereocenters. The molecule has 3 amide bonds. The average molecular weight is 731 g/mol. The Kier molecular flexibility index (Phi) is 11.0. The van der Waals surface area contributed by atoms with Gasteiger partial charge < -0.3 is 10.1 Å². The van der Waals surface area contributed by atoms with Crippen LogP contribution in [0.25, 0.3) is 0 Å². The summed E-state index contributed by atoms with van der Waals surface area (Å²) < 4.78 is 63.3. The molecular weight excluding hydrogens is 696 g/mol. The molecule has 0 radical (unpaired) electrons. The van der Waals surface area contributed by atoms with E-state index in [2.05, 4.69) is 20.7 Å². The minimum absolute atomic E-state index is 0.0294. The number of carbonyl (C=O) groups excluding carboxylic acids is 3. The number of alkyl halides is 2. The molecule has 2 aliphatic rings. The summed E-state index contributed by atoms with van der Waals surface area (Å²) in [5.41, 5.74) is 1.88. The summed E-state index contributed by atoms with van der Waals surface area (Å²) in [5.74, 6) is -6.64. The van der Waals surface area contributed by atoms with Crippen LogP contribution in [0.3, 0.4) is 0 Å².